The lowest BCUT2D eigenvalue weighted by atomic mass is 9.85. The lowest BCUT2D eigenvalue weighted by molar-refractivity contribution is 0.122. The molecule has 0 aliphatic heterocycles. The molecule has 0 amide bonds. The van der Waals surface area contributed by atoms with E-state index in [1.165, 1.54) is 6.42 Å². The summed E-state index contributed by atoms with van der Waals surface area (Å²) in [5.41, 5.74) is -0.0659. The minimum absolute atomic E-state index is 0.0659. The average Bonchev–Trinajstić information content (AvgIpc) is 2.15. The van der Waals surface area contributed by atoms with E-state index in [0.717, 1.165) is 12.8 Å². The van der Waals surface area contributed by atoms with E-state index in [-0.39, 0.29) is 12.1 Å². The summed E-state index contributed by atoms with van der Waals surface area (Å²) in [6.45, 7) is 11.1. The van der Waals surface area contributed by atoms with Crippen molar-refractivity contribution in [3.05, 3.63) is 0 Å². The summed E-state index contributed by atoms with van der Waals surface area (Å²) >= 11 is 0. The van der Waals surface area contributed by atoms with Gasteiger partial charge in [-0.1, -0.05) is 41.0 Å². The summed E-state index contributed by atoms with van der Waals surface area (Å²) in [6, 6.07) is 0.436. The first-order valence-electron chi connectivity index (χ1n) is 5.88. The largest absolute Gasteiger partial charge is 0.394 e. The van der Waals surface area contributed by atoms with Crippen molar-refractivity contribution in [2.45, 2.75) is 65.5 Å². The van der Waals surface area contributed by atoms with E-state index in [4.69, 9.17) is 0 Å². The maximum atomic E-state index is 9.51. The van der Waals surface area contributed by atoms with Crippen molar-refractivity contribution in [2.75, 3.05) is 6.61 Å². The lowest BCUT2D eigenvalue weighted by Crippen LogP contribution is -2.52. The van der Waals surface area contributed by atoms with Crippen LogP contribution in [0.4, 0.5) is 0 Å². The molecular formula is C12H27NO. The van der Waals surface area contributed by atoms with Crippen LogP contribution >= 0.6 is 0 Å². The Labute approximate surface area is 89.1 Å². The molecule has 0 saturated carbocycles. The lowest BCUT2D eigenvalue weighted by Gasteiger charge is -2.36. The third kappa shape index (κ3) is 4.43. The van der Waals surface area contributed by atoms with E-state index in [2.05, 4.69) is 39.9 Å². The Morgan fingerprint density at radius 2 is 1.79 bits per heavy atom. The highest BCUT2D eigenvalue weighted by molar-refractivity contribution is 4.88. The van der Waals surface area contributed by atoms with Gasteiger partial charge in [0.25, 0.3) is 0 Å². The number of hydrogen-bond donors (Lipinski definition) is 2. The second-order valence-electron chi connectivity index (χ2n) is 4.81. The van der Waals surface area contributed by atoms with Gasteiger partial charge in [-0.3, -0.25) is 0 Å². The molecule has 86 valence electrons. The van der Waals surface area contributed by atoms with E-state index < -0.39 is 0 Å². The fourth-order valence-electron chi connectivity index (χ4n) is 1.95. The molecule has 0 bridgehead atoms. The van der Waals surface area contributed by atoms with Crippen LogP contribution < -0.4 is 5.32 Å². The van der Waals surface area contributed by atoms with Crippen LogP contribution in [0, 0.1) is 5.92 Å². The summed E-state index contributed by atoms with van der Waals surface area (Å²) in [5.74, 6) is 0.674. The number of hydrogen-bond acceptors (Lipinski definition) is 2. The Balaban J connectivity index is 4.36. The predicted octanol–water partition coefficient (Wildman–Crippen LogP) is 2.56. The van der Waals surface area contributed by atoms with E-state index in [9.17, 15) is 5.11 Å². The van der Waals surface area contributed by atoms with Crippen molar-refractivity contribution in [1.29, 1.82) is 0 Å². The van der Waals surface area contributed by atoms with Crippen molar-refractivity contribution in [2.24, 2.45) is 5.92 Å². The molecule has 14 heavy (non-hydrogen) atoms. The molecule has 0 fully saturated rings. The second-order valence-corrected chi connectivity index (χ2v) is 4.81. The molecule has 2 unspecified atom stereocenters. The summed E-state index contributed by atoms with van der Waals surface area (Å²) in [4.78, 5) is 0. The smallest absolute Gasteiger partial charge is 0.0613 e. The van der Waals surface area contributed by atoms with Crippen LogP contribution in [0.1, 0.15) is 53.9 Å². The van der Waals surface area contributed by atoms with Crippen molar-refractivity contribution in [3.8, 4) is 0 Å². The van der Waals surface area contributed by atoms with Crippen LogP contribution in [0.2, 0.25) is 0 Å². The maximum Gasteiger partial charge on any atom is 0.0613 e. The first-order chi connectivity index (χ1) is 6.49. The molecule has 0 spiro atoms. The van der Waals surface area contributed by atoms with Crippen molar-refractivity contribution >= 4 is 0 Å². The molecule has 0 aromatic rings. The average molecular weight is 201 g/mol. The van der Waals surface area contributed by atoms with Gasteiger partial charge in [0.05, 0.1) is 6.61 Å². The Morgan fingerprint density at radius 1 is 1.21 bits per heavy atom. The minimum Gasteiger partial charge on any atom is -0.394 e. The van der Waals surface area contributed by atoms with Crippen LogP contribution in [0.5, 0.6) is 0 Å². The van der Waals surface area contributed by atoms with Crippen molar-refractivity contribution < 1.29 is 5.11 Å². The molecule has 0 radical (unpaired) electrons. The highest BCUT2D eigenvalue weighted by Crippen LogP contribution is 2.23. The predicted molar refractivity (Wildman–Crippen MR) is 62.5 cm³/mol. The van der Waals surface area contributed by atoms with Gasteiger partial charge in [-0.05, 0) is 18.8 Å². The van der Waals surface area contributed by atoms with Gasteiger partial charge < -0.3 is 10.4 Å². The van der Waals surface area contributed by atoms with E-state index in [0.29, 0.717) is 12.0 Å². The van der Waals surface area contributed by atoms with Crippen LogP contribution in [0.3, 0.4) is 0 Å². The van der Waals surface area contributed by atoms with Gasteiger partial charge in [0.1, 0.15) is 0 Å². The molecule has 0 saturated heterocycles. The molecule has 2 heteroatoms. The van der Waals surface area contributed by atoms with Gasteiger partial charge >= 0.3 is 0 Å². The van der Waals surface area contributed by atoms with Gasteiger partial charge in [0, 0.05) is 11.6 Å². The summed E-state index contributed by atoms with van der Waals surface area (Å²) in [5, 5.41) is 13.0. The van der Waals surface area contributed by atoms with Crippen LogP contribution in [-0.2, 0) is 0 Å². The van der Waals surface area contributed by atoms with Crippen LogP contribution in [-0.4, -0.2) is 23.3 Å². The molecule has 0 heterocycles. The Bertz CT molecular complexity index is 141. The zero-order valence-electron chi connectivity index (χ0n) is 10.4. The monoisotopic (exact) mass is 201 g/mol. The Morgan fingerprint density at radius 3 is 2.07 bits per heavy atom. The molecule has 0 rings (SSSR count). The molecule has 0 aliphatic rings. The minimum atomic E-state index is -0.0659. The van der Waals surface area contributed by atoms with Crippen LogP contribution in [0.15, 0.2) is 0 Å². The molecule has 2 atom stereocenters. The van der Waals surface area contributed by atoms with Gasteiger partial charge in [-0.25, -0.2) is 0 Å². The SMILES string of the molecule is CCC(C)CC(CC)(CO)NC(C)C. The zero-order valence-corrected chi connectivity index (χ0v) is 10.4. The number of aliphatic hydroxyl groups is 1. The first-order valence-corrected chi connectivity index (χ1v) is 5.88. The molecule has 0 aromatic heterocycles. The Hall–Kier alpha value is -0.0800. The molecule has 2 nitrogen and oxygen atoms in total. The van der Waals surface area contributed by atoms with Gasteiger partial charge in [0.15, 0.2) is 0 Å². The molecule has 0 aliphatic carbocycles. The highest BCUT2D eigenvalue weighted by Gasteiger charge is 2.29. The van der Waals surface area contributed by atoms with Crippen LogP contribution in [0.25, 0.3) is 0 Å². The maximum absolute atomic E-state index is 9.51. The topological polar surface area (TPSA) is 32.3 Å². The zero-order chi connectivity index (χ0) is 11.2. The highest BCUT2D eigenvalue weighted by atomic mass is 16.3. The normalized spacial score (nSPS) is 18.2. The fourth-order valence-corrected chi connectivity index (χ4v) is 1.95. The van der Waals surface area contributed by atoms with E-state index in [1.54, 1.807) is 0 Å². The number of nitrogens with one attached hydrogen (secondary N) is 1. The van der Waals surface area contributed by atoms with Crippen molar-refractivity contribution in [3.63, 3.8) is 0 Å². The van der Waals surface area contributed by atoms with E-state index in [1.807, 2.05) is 0 Å². The quantitative estimate of drug-likeness (QED) is 0.663. The molecule has 0 aromatic carbocycles. The van der Waals surface area contributed by atoms with E-state index >= 15 is 0 Å². The molecular weight excluding hydrogens is 174 g/mol. The number of rotatable bonds is 7. The fraction of sp³-hybridized carbons (Fsp3) is 1.00. The van der Waals surface area contributed by atoms with Gasteiger partial charge in [-0.2, -0.15) is 0 Å². The van der Waals surface area contributed by atoms with Crippen molar-refractivity contribution in [1.82, 2.24) is 5.32 Å². The third-order valence-corrected chi connectivity index (χ3v) is 3.01. The van der Waals surface area contributed by atoms with Gasteiger partial charge in [0.2, 0.25) is 0 Å². The standard InChI is InChI=1S/C12H27NO/c1-6-11(5)8-12(7-2,9-14)13-10(3)4/h10-11,13-14H,6-9H2,1-5H3. The third-order valence-electron chi connectivity index (χ3n) is 3.01. The Kier molecular flexibility index (Phi) is 6.38. The number of aliphatic hydroxyl groups excluding tert-OH is 1. The molecule has 2 N–H and O–H groups in total. The summed E-state index contributed by atoms with van der Waals surface area (Å²) in [6.07, 6.45) is 3.24. The second kappa shape index (κ2) is 6.41. The summed E-state index contributed by atoms with van der Waals surface area (Å²) in [7, 11) is 0. The first kappa shape index (κ1) is 13.9. The van der Waals surface area contributed by atoms with Gasteiger partial charge in [-0.15, -0.1) is 0 Å². The summed E-state index contributed by atoms with van der Waals surface area (Å²) < 4.78 is 0.